The van der Waals surface area contributed by atoms with Crippen LogP contribution in [-0.4, -0.2) is 53.9 Å². The smallest absolute Gasteiger partial charge is 0.260 e. The second-order valence-corrected chi connectivity index (χ2v) is 12.7. The van der Waals surface area contributed by atoms with Gasteiger partial charge in [0.2, 0.25) is 10.0 Å². The summed E-state index contributed by atoms with van der Waals surface area (Å²) in [7, 11) is -3.71. The molecule has 38 heavy (non-hydrogen) atoms. The number of carbonyl (C=O) groups excluding carboxylic acids is 1. The molecule has 0 spiro atoms. The third kappa shape index (κ3) is 5.35. The van der Waals surface area contributed by atoms with Crippen molar-refractivity contribution < 1.29 is 17.9 Å². The molecule has 3 heterocycles. The fourth-order valence-electron chi connectivity index (χ4n) is 4.76. The molecule has 1 saturated heterocycles. The Labute approximate surface area is 227 Å². The number of rotatable bonds is 6. The number of anilines is 1. The average Bonchev–Trinajstić information content (AvgIpc) is 3.31. The number of pyridine rings is 1. The van der Waals surface area contributed by atoms with E-state index in [1.165, 1.54) is 27.8 Å². The van der Waals surface area contributed by atoms with Crippen LogP contribution in [0.25, 0.3) is 10.2 Å². The number of hydrogen-bond acceptors (Lipinski definition) is 7. The van der Waals surface area contributed by atoms with Gasteiger partial charge in [0.05, 0.1) is 39.6 Å². The molecular formula is C28H30N4O4S2. The Hall–Kier alpha value is -3.18. The van der Waals surface area contributed by atoms with Crippen molar-refractivity contribution >= 4 is 42.6 Å². The molecule has 1 aliphatic rings. The third-order valence-electron chi connectivity index (χ3n) is 6.47. The summed E-state index contributed by atoms with van der Waals surface area (Å²) in [6, 6.07) is 15.8. The van der Waals surface area contributed by atoms with Gasteiger partial charge >= 0.3 is 0 Å². The van der Waals surface area contributed by atoms with Crippen molar-refractivity contribution in [2.24, 2.45) is 0 Å². The number of benzene rings is 2. The Kier molecular flexibility index (Phi) is 7.32. The van der Waals surface area contributed by atoms with Crippen molar-refractivity contribution in [1.82, 2.24) is 14.3 Å². The molecule has 2 aromatic heterocycles. The first kappa shape index (κ1) is 26.4. The lowest BCUT2D eigenvalue weighted by Crippen LogP contribution is -2.48. The molecule has 0 radical (unpaired) electrons. The van der Waals surface area contributed by atoms with E-state index >= 15 is 0 Å². The third-order valence-corrected chi connectivity index (χ3v) is 9.34. The largest absolute Gasteiger partial charge is 0.373 e. The molecule has 2 aromatic carbocycles. The van der Waals surface area contributed by atoms with Crippen LogP contribution in [0.5, 0.6) is 0 Å². The Bertz CT molecular complexity index is 1560. The van der Waals surface area contributed by atoms with Crippen molar-refractivity contribution in [2.75, 3.05) is 18.0 Å². The summed E-state index contributed by atoms with van der Waals surface area (Å²) in [5.74, 6) is -0.276. The summed E-state index contributed by atoms with van der Waals surface area (Å²) in [5.41, 5.74) is 4.14. The first-order chi connectivity index (χ1) is 18.1. The molecule has 0 bridgehead atoms. The standard InChI is InChI=1S/C28H30N4O4S2/c1-18-13-19(2)26-25(14-18)37-28(30-26)32(17-23-7-5-6-12-29-23)27(33)22-8-10-24(11-9-22)38(34,35)31-15-20(3)36-21(4)16-31/h5-14,20-21H,15-17H2,1-4H3. The molecule has 1 amide bonds. The predicted molar refractivity (Wildman–Crippen MR) is 149 cm³/mol. The lowest BCUT2D eigenvalue weighted by atomic mass is 10.1. The van der Waals surface area contributed by atoms with E-state index in [4.69, 9.17) is 9.72 Å². The molecule has 2 atom stereocenters. The summed E-state index contributed by atoms with van der Waals surface area (Å²) in [6.45, 7) is 8.60. The van der Waals surface area contributed by atoms with Gasteiger partial charge in [-0.15, -0.1) is 0 Å². The van der Waals surface area contributed by atoms with Crippen molar-refractivity contribution in [3.05, 3.63) is 83.2 Å². The fourth-order valence-corrected chi connectivity index (χ4v) is 7.49. The number of sulfonamides is 1. The van der Waals surface area contributed by atoms with Crippen LogP contribution in [0, 0.1) is 13.8 Å². The van der Waals surface area contributed by atoms with Crippen molar-refractivity contribution in [1.29, 1.82) is 0 Å². The zero-order chi connectivity index (χ0) is 27.0. The van der Waals surface area contributed by atoms with E-state index in [0.717, 1.165) is 27.0 Å². The topological polar surface area (TPSA) is 92.7 Å². The summed E-state index contributed by atoms with van der Waals surface area (Å²) in [4.78, 5) is 24.8. The van der Waals surface area contributed by atoms with Crippen LogP contribution in [0.3, 0.4) is 0 Å². The molecule has 1 fully saturated rings. The maximum atomic E-state index is 13.8. The minimum Gasteiger partial charge on any atom is -0.373 e. The zero-order valence-electron chi connectivity index (χ0n) is 21.8. The van der Waals surface area contributed by atoms with Crippen molar-refractivity contribution in [3.63, 3.8) is 0 Å². The Balaban J connectivity index is 1.47. The van der Waals surface area contributed by atoms with E-state index in [2.05, 4.69) is 17.1 Å². The number of fused-ring (bicyclic) bond motifs is 1. The van der Waals surface area contributed by atoms with Crippen LogP contribution in [0.15, 0.2) is 65.7 Å². The zero-order valence-corrected chi connectivity index (χ0v) is 23.4. The Morgan fingerprint density at radius 1 is 1.08 bits per heavy atom. The number of aromatic nitrogens is 2. The quantitative estimate of drug-likeness (QED) is 0.337. The number of nitrogens with zero attached hydrogens (tertiary/aromatic N) is 4. The van der Waals surface area contributed by atoms with E-state index in [-0.39, 0.29) is 29.6 Å². The van der Waals surface area contributed by atoms with E-state index < -0.39 is 10.0 Å². The molecule has 2 unspecified atom stereocenters. The van der Waals surface area contributed by atoms with Gasteiger partial charge in [0.1, 0.15) is 0 Å². The van der Waals surface area contributed by atoms with Gasteiger partial charge in [0.25, 0.3) is 5.91 Å². The fraction of sp³-hybridized carbons (Fsp3) is 0.321. The highest BCUT2D eigenvalue weighted by molar-refractivity contribution is 7.89. The van der Waals surface area contributed by atoms with Gasteiger partial charge in [-0.25, -0.2) is 13.4 Å². The number of carbonyl (C=O) groups is 1. The van der Waals surface area contributed by atoms with Crippen LogP contribution in [0.2, 0.25) is 0 Å². The van der Waals surface area contributed by atoms with Gasteiger partial charge in [-0.05, 0) is 81.3 Å². The number of aryl methyl sites for hydroxylation is 2. The van der Waals surface area contributed by atoms with Crippen molar-refractivity contribution in [2.45, 2.75) is 51.3 Å². The van der Waals surface area contributed by atoms with Crippen LogP contribution >= 0.6 is 11.3 Å². The molecule has 1 aliphatic heterocycles. The predicted octanol–water partition coefficient (Wildman–Crippen LogP) is 4.95. The van der Waals surface area contributed by atoms with Gasteiger partial charge in [-0.3, -0.25) is 14.7 Å². The van der Waals surface area contributed by atoms with Gasteiger partial charge < -0.3 is 4.74 Å². The molecule has 0 saturated carbocycles. The number of hydrogen-bond donors (Lipinski definition) is 0. The highest BCUT2D eigenvalue weighted by Gasteiger charge is 2.32. The average molecular weight is 551 g/mol. The molecule has 8 nitrogen and oxygen atoms in total. The monoisotopic (exact) mass is 550 g/mol. The lowest BCUT2D eigenvalue weighted by molar-refractivity contribution is -0.0440. The number of amides is 1. The lowest BCUT2D eigenvalue weighted by Gasteiger charge is -2.34. The van der Waals surface area contributed by atoms with Gasteiger partial charge in [-0.1, -0.05) is 23.5 Å². The molecule has 0 N–H and O–H groups in total. The summed E-state index contributed by atoms with van der Waals surface area (Å²) in [5, 5.41) is 0.567. The number of ether oxygens (including phenoxy) is 1. The number of thiazole rings is 1. The maximum Gasteiger partial charge on any atom is 0.260 e. The minimum atomic E-state index is -3.71. The normalized spacial score (nSPS) is 18.5. The van der Waals surface area contributed by atoms with Crippen LogP contribution in [0.4, 0.5) is 5.13 Å². The SMILES string of the molecule is Cc1cc(C)c2nc(N(Cc3ccccn3)C(=O)c3ccc(S(=O)(=O)N4CC(C)OC(C)C4)cc3)sc2c1. The van der Waals surface area contributed by atoms with E-state index in [1.807, 2.05) is 45.9 Å². The highest BCUT2D eigenvalue weighted by Crippen LogP contribution is 2.33. The molecule has 4 aromatic rings. The summed E-state index contributed by atoms with van der Waals surface area (Å²) < 4.78 is 34.7. The van der Waals surface area contributed by atoms with E-state index in [9.17, 15) is 13.2 Å². The minimum absolute atomic E-state index is 0.151. The van der Waals surface area contributed by atoms with Gasteiger partial charge in [0, 0.05) is 24.8 Å². The van der Waals surface area contributed by atoms with Crippen LogP contribution in [-0.2, 0) is 21.3 Å². The molecule has 0 aliphatic carbocycles. The van der Waals surface area contributed by atoms with Crippen LogP contribution in [0.1, 0.15) is 41.0 Å². The molecular weight excluding hydrogens is 520 g/mol. The Morgan fingerprint density at radius 3 is 2.45 bits per heavy atom. The second-order valence-electron chi connectivity index (χ2n) is 9.74. The highest BCUT2D eigenvalue weighted by atomic mass is 32.2. The van der Waals surface area contributed by atoms with E-state index in [0.29, 0.717) is 23.8 Å². The molecule has 10 heteroatoms. The van der Waals surface area contributed by atoms with E-state index in [1.54, 1.807) is 23.2 Å². The van der Waals surface area contributed by atoms with Gasteiger partial charge in [0.15, 0.2) is 5.13 Å². The first-order valence-electron chi connectivity index (χ1n) is 12.5. The molecule has 5 rings (SSSR count). The van der Waals surface area contributed by atoms with Gasteiger partial charge in [-0.2, -0.15) is 4.31 Å². The summed E-state index contributed by atoms with van der Waals surface area (Å²) >= 11 is 1.45. The van der Waals surface area contributed by atoms with Crippen LogP contribution < -0.4 is 4.90 Å². The van der Waals surface area contributed by atoms with Crippen molar-refractivity contribution in [3.8, 4) is 0 Å². The first-order valence-corrected chi connectivity index (χ1v) is 14.7. The Morgan fingerprint density at radius 2 is 1.79 bits per heavy atom. The summed E-state index contributed by atoms with van der Waals surface area (Å²) in [6.07, 6.45) is 1.32. The molecule has 198 valence electrons. The second kappa shape index (κ2) is 10.5. The number of morpholine rings is 1. The maximum absolute atomic E-state index is 13.8.